The highest BCUT2D eigenvalue weighted by Gasteiger charge is 2.26. The van der Waals surface area contributed by atoms with Crippen molar-refractivity contribution in [3.05, 3.63) is 35.6 Å². The normalized spacial score (nSPS) is 26.1. The lowest BCUT2D eigenvalue weighted by Crippen LogP contribution is -2.52. The van der Waals surface area contributed by atoms with Crippen molar-refractivity contribution in [3.8, 4) is 0 Å². The van der Waals surface area contributed by atoms with Crippen LogP contribution in [0.4, 0.5) is 4.39 Å². The molecule has 0 radical (unpaired) electrons. The zero-order valence-electron chi connectivity index (χ0n) is 8.46. The van der Waals surface area contributed by atoms with Crippen molar-refractivity contribution in [3.63, 3.8) is 0 Å². The van der Waals surface area contributed by atoms with Crippen LogP contribution >= 0.6 is 0 Å². The molecule has 0 aromatic heterocycles. The van der Waals surface area contributed by atoms with Crippen molar-refractivity contribution in [1.82, 2.24) is 10.6 Å². The molecule has 1 amide bonds. The molecule has 2 unspecified atom stereocenters. The molecule has 1 heterocycles. The standard InChI is InChI=1S/C11H13FN2O/c1-7-6-13-10(11(15)14-7)8-2-4-9(12)5-3-8/h2-5,7,10,13H,6H2,1H3,(H,14,15). The van der Waals surface area contributed by atoms with Gasteiger partial charge in [-0.3, -0.25) is 4.79 Å². The Kier molecular flexibility index (Phi) is 2.68. The number of carbonyl (C=O) groups is 1. The second kappa shape index (κ2) is 3.98. The van der Waals surface area contributed by atoms with E-state index in [0.717, 1.165) is 12.1 Å². The molecule has 1 aliphatic rings. The molecular weight excluding hydrogens is 195 g/mol. The molecule has 0 spiro atoms. The number of amides is 1. The predicted octanol–water partition coefficient (Wildman–Crippen LogP) is 0.975. The van der Waals surface area contributed by atoms with Gasteiger partial charge < -0.3 is 10.6 Å². The molecule has 1 fully saturated rings. The summed E-state index contributed by atoms with van der Waals surface area (Å²) < 4.78 is 12.7. The van der Waals surface area contributed by atoms with Gasteiger partial charge in [0.25, 0.3) is 0 Å². The average molecular weight is 208 g/mol. The topological polar surface area (TPSA) is 41.1 Å². The van der Waals surface area contributed by atoms with Crippen LogP contribution < -0.4 is 10.6 Å². The van der Waals surface area contributed by atoms with E-state index >= 15 is 0 Å². The average Bonchev–Trinajstić information content (AvgIpc) is 2.20. The Morgan fingerprint density at radius 2 is 2.00 bits per heavy atom. The van der Waals surface area contributed by atoms with Gasteiger partial charge in [0.15, 0.2) is 0 Å². The molecule has 2 N–H and O–H groups in total. The quantitative estimate of drug-likeness (QED) is 0.722. The van der Waals surface area contributed by atoms with Gasteiger partial charge in [0, 0.05) is 12.6 Å². The summed E-state index contributed by atoms with van der Waals surface area (Å²) in [5.74, 6) is -0.344. The van der Waals surface area contributed by atoms with Crippen LogP contribution in [0.3, 0.4) is 0 Å². The molecule has 1 aromatic carbocycles. The maximum atomic E-state index is 12.7. The summed E-state index contributed by atoms with van der Waals surface area (Å²) in [6.45, 7) is 2.67. The fourth-order valence-corrected chi connectivity index (χ4v) is 1.69. The molecular formula is C11H13FN2O. The fourth-order valence-electron chi connectivity index (χ4n) is 1.69. The van der Waals surface area contributed by atoms with Gasteiger partial charge in [-0.15, -0.1) is 0 Å². The molecule has 0 aliphatic carbocycles. The van der Waals surface area contributed by atoms with E-state index in [2.05, 4.69) is 10.6 Å². The first-order valence-corrected chi connectivity index (χ1v) is 4.96. The number of hydrogen-bond donors (Lipinski definition) is 2. The van der Waals surface area contributed by atoms with Gasteiger partial charge in [-0.25, -0.2) is 4.39 Å². The first-order chi connectivity index (χ1) is 7.16. The number of benzene rings is 1. The number of piperazine rings is 1. The van der Waals surface area contributed by atoms with Crippen molar-refractivity contribution >= 4 is 5.91 Å². The molecule has 1 saturated heterocycles. The first-order valence-electron chi connectivity index (χ1n) is 4.96. The minimum absolute atomic E-state index is 0.0552. The van der Waals surface area contributed by atoms with E-state index in [1.54, 1.807) is 12.1 Å². The highest BCUT2D eigenvalue weighted by molar-refractivity contribution is 5.84. The van der Waals surface area contributed by atoms with Crippen molar-refractivity contribution < 1.29 is 9.18 Å². The smallest absolute Gasteiger partial charge is 0.241 e. The molecule has 15 heavy (non-hydrogen) atoms. The van der Waals surface area contributed by atoms with Crippen molar-refractivity contribution in [2.75, 3.05) is 6.54 Å². The van der Waals surface area contributed by atoms with Crippen LogP contribution in [0.2, 0.25) is 0 Å². The minimum Gasteiger partial charge on any atom is -0.351 e. The van der Waals surface area contributed by atoms with Crippen LogP contribution in [-0.2, 0) is 4.79 Å². The molecule has 2 rings (SSSR count). The molecule has 0 saturated carbocycles. The summed E-state index contributed by atoms with van der Waals surface area (Å²) in [5, 5.41) is 5.97. The number of halogens is 1. The zero-order valence-corrected chi connectivity index (χ0v) is 8.46. The van der Waals surface area contributed by atoms with Crippen LogP contribution in [0.1, 0.15) is 18.5 Å². The Labute approximate surface area is 87.7 Å². The Bertz CT molecular complexity index is 363. The van der Waals surface area contributed by atoms with E-state index < -0.39 is 0 Å². The van der Waals surface area contributed by atoms with Gasteiger partial charge in [0.05, 0.1) is 0 Å². The molecule has 4 heteroatoms. The second-order valence-corrected chi connectivity index (χ2v) is 3.80. The first kappa shape index (κ1) is 10.1. The third-order valence-corrected chi connectivity index (χ3v) is 2.48. The third kappa shape index (κ3) is 2.15. The lowest BCUT2D eigenvalue weighted by molar-refractivity contribution is -0.125. The number of rotatable bonds is 1. The van der Waals surface area contributed by atoms with Crippen LogP contribution in [0.15, 0.2) is 24.3 Å². The molecule has 3 nitrogen and oxygen atoms in total. The highest BCUT2D eigenvalue weighted by atomic mass is 19.1. The van der Waals surface area contributed by atoms with Gasteiger partial charge in [-0.05, 0) is 24.6 Å². The summed E-state index contributed by atoms with van der Waals surface area (Å²) >= 11 is 0. The Hall–Kier alpha value is -1.42. The van der Waals surface area contributed by atoms with Gasteiger partial charge in [0.2, 0.25) is 5.91 Å². The molecule has 2 atom stereocenters. The van der Waals surface area contributed by atoms with Crippen LogP contribution in [-0.4, -0.2) is 18.5 Å². The Morgan fingerprint density at radius 1 is 1.33 bits per heavy atom. The number of hydrogen-bond acceptors (Lipinski definition) is 2. The number of carbonyl (C=O) groups excluding carboxylic acids is 1. The SMILES string of the molecule is CC1CNC(c2ccc(F)cc2)C(=O)N1. The fraction of sp³-hybridized carbons (Fsp3) is 0.364. The second-order valence-electron chi connectivity index (χ2n) is 3.80. The summed E-state index contributed by atoms with van der Waals surface area (Å²) in [6, 6.07) is 5.77. The van der Waals surface area contributed by atoms with Crippen molar-refractivity contribution in [2.45, 2.75) is 19.0 Å². The van der Waals surface area contributed by atoms with E-state index in [0.29, 0.717) is 0 Å². The summed E-state index contributed by atoms with van der Waals surface area (Å²) in [6.07, 6.45) is 0. The van der Waals surface area contributed by atoms with Crippen LogP contribution in [0, 0.1) is 5.82 Å². The van der Waals surface area contributed by atoms with Crippen molar-refractivity contribution in [2.24, 2.45) is 0 Å². The molecule has 1 aliphatic heterocycles. The lowest BCUT2D eigenvalue weighted by Gasteiger charge is -2.28. The van der Waals surface area contributed by atoms with E-state index in [1.807, 2.05) is 6.92 Å². The van der Waals surface area contributed by atoms with Gasteiger partial charge in [-0.1, -0.05) is 12.1 Å². The van der Waals surface area contributed by atoms with E-state index in [4.69, 9.17) is 0 Å². The van der Waals surface area contributed by atoms with Gasteiger partial charge >= 0.3 is 0 Å². The summed E-state index contributed by atoms with van der Waals surface area (Å²) in [7, 11) is 0. The minimum atomic E-state index is -0.359. The van der Waals surface area contributed by atoms with Gasteiger partial charge in [0.1, 0.15) is 11.9 Å². The maximum Gasteiger partial charge on any atom is 0.241 e. The highest BCUT2D eigenvalue weighted by Crippen LogP contribution is 2.16. The molecule has 80 valence electrons. The largest absolute Gasteiger partial charge is 0.351 e. The van der Waals surface area contributed by atoms with E-state index in [9.17, 15) is 9.18 Å². The Balaban J connectivity index is 2.17. The monoisotopic (exact) mass is 208 g/mol. The zero-order chi connectivity index (χ0) is 10.8. The maximum absolute atomic E-state index is 12.7. The van der Waals surface area contributed by atoms with Gasteiger partial charge in [-0.2, -0.15) is 0 Å². The predicted molar refractivity (Wildman–Crippen MR) is 54.7 cm³/mol. The van der Waals surface area contributed by atoms with Crippen LogP contribution in [0.25, 0.3) is 0 Å². The van der Waals surface area contributed by atoms with E-state index in [1.165, 1.54) is 12.1 Å². The molecule has 1 aromatic rings. The summed E-state index contributed by atoms with van der Waals surface area (Å²) in [4.78, 5) is 11.6. The lowest BCUT2D eigenvalue weighted by atomic mass is 10.0. The number of nitrogens with one attached hydrogen (secondary N) is 2. The van der Waals surface area contributed by atoms with Crippen LogP contribution in [0.5, 0.6) is 0 Å². The third-order valence-electron chi connectivity index (χ3n) is 2.48. The van der Waals surface area contributed by atoms with E-state index in [-0.39, 0.29) is 23.8 Å². The molecule has 0 bridgehead atoms. The Morgan fingerprint density at radius 3 is 2.60 bits per heavy atom. The summed E-state index contributed by atoms with van der Waals surface area (Å²) in [5.41, 5.74) is 0.792. The van der Waals surface area contributed by atoms with Crippen molar-refractivity contribution in [1.29, 1.82) is 0 Å².